The predicted octanol–water partition coefficient (Wildman–Crippen LogP) is 7.97. The van der Waals surface area contributed by atoms with E-state index in [0.29, 0.717) is 17.3 Å². The largest absolute Gasteiger partial charge is 0.453 e. The molecule has 1 unspecified atom stereocenters. The first-order valence-corrected chi connectivity index (χ1v) is 15.8. The van der Waals surface area contributed by atoms with Gasteiger partial charge in [-0.15, -0.1) is 11.3 Å². The van der Waals surface area contributed by atoms with Gasteiger partial charge < -0.3 is 10.1 Å². The molecule has 0 radical (unpaired) electrons. The van der Waals surface area contributed by atoms with Crippen molar-refractivity contribution in [3.8, 4) is 0 Å². The average Bonchev–Trinajstić information content (AvgIpc) is 3.51. The SMILES string of the molecule is COC(=O)NC(C(=O)c1ccc(CN(CCC(C)C)OSN(C)c2ccccc2)s1)C(c1ccccc1)c1ccccc1. The molecular formula is C34H39N3O4S2. The molecule has 226 valence electrons. The lowest BCUT2D eigenvalue weighted by Crippen LogP contribution is -2.45. The number of hydrogen-bond acceptors (Lipinski definition) is 8. The number of nitrogens with one attached hydrogen (secondary N) is 1. The van der Waals surface area contributed by atoms with E-state index in [4.69, 9.17) is 9.02 Å². The van der Waals surface area contributed by atoms with Gasteiger partial charge in [-0.1, -0.05) is 92.7 Å². The van der Waals surface area contributed by atoms with E-state index in [1.165, 1.54) is 30.7 Å². The Morgan fingerprint density at radius 2 is 1.44 bits per heavy atom. The third-order valence-corrected chi connectivity index (χ3v) is 8.75. The number of anilines is 1. The number of thiophene rings is 1. The topological polar surface area (TPSA) is 71.1 Å². The Kier molecular flexibility index (Phi) is 12.2. The first-order valence-electron chi connectivity index (χ1n) is 14.3. The highest BCUT2D eigenvalue weighted by molar-refractivity contribution is 7.96. The van der Waals surface area contributed by atoms with Gasteiger partial charge in [0.05, 0.1) is 18.5 Å². The van der Waals surface area contributed by atoms with Crippen molar-refractivity contribution in [3.05, 3.63) is 124 Å². The molecule has 0 fully saturated rings. The minimum absolute atomic E-state index is 0.174. The van der Waals surface area contributed by atoms with E-state index in [1.807, 2.05) is 120 Å². The number of rotatable bonds is 15. The quantitative estimate of drug-likeness (QED) is 0.0628. The number of Topliss-reactive ketones (excluding diaryl/α,β-unsaturated/α-hetero) is 1. The zero-order valence-electron chi connectivity index (χ0n) is 25.0. The Bertz CT molecular complexity index is 1380. The standard InChI is InChI=1S/C34H39N3O4S2/c1-25(2)22-23-37(41-43-36(3)28-18-12-7-13-19-28)24-29-20-21-30(42-29)33(38)32(35-34(39)40-4)31(26-14-8-5-9-15-26)27-16-10-6-11-17-27/h5-21,25,31-32H,22-24H2,1-4H3,(H,35,39). The van der Waals surface area contributed by atoms with Gasteiger partial charge >= 0.3 is 6.09 Å². The molecule has 0 aliphatic carbocycles. The third kappa shape index (κ3) is 9.43. The number of nitrogens with zero attached hydrogens (tertiary/aromatic N) is 2. The lowest BCUT2D eigenvalue weighted by atomic mass is 9.83. The molecule has 4 aromatic rings. The number of benzene rings is 3. The van der Waals surface area contributed by atoms with E-state index in [9.17, 15) is 9.59 Å². The summed E-state index contributed by atoms with van der Waals surface area (Å²) >= 11 is 2.69. The summed E-state index contributed by atoms with van der Waals surface area (Å²) in [7, 11) is 3.27. The maximum absolute atomic E-state index is 14.2. The molecule has 0 aliphatic rings. The number of para-hydroxylation sites is 1. The molecular weight excluding hydrogens is 579 g/mol. The molecule has 7 nitrogen and oxygen atoms in total. The molecule has 0 bridgehead atoms. The van der Waals surface area contributed by atoms with E-state index < -0.39 is 18.1 Å². The molecule has 1 aromatic heterocycles. The van der Waals surface area contributed by atoms with E-state index in [1.54, 1.807) is 0 Å². The van der Waals surface area contributed by atoms with Gasteiger partial charge in [0.15, 0.2) is 5.78 Å². The van der Waals surface area contributed by atoms with Gasteiger partial charge in [0.2, 0.25) is 0 Å². The number of hydroxylamine groups is 2. The second-order valence-electron chi connectivity index (χ2n) is 10.6. The molecule has 4 rings (SSSR count). The minimum atomic E-state index is -0.868. The second kappa shape index (κ2) is 16.3. The van der Waals surface area contributed by atoms with Crippen LogP contribution in [0, 0.1) is 5.92 Å². The lowest BCUT2D eigenvalue weighted by Gasteiger charge is -2.27. The summed E-state index contributed by atoms with van der Waals surface area (Å²) in [5.74, 6) is -0.0657. The number of amides is 1. The normalized spacial score (nSPS) is 12.0. The van der Waals surface area contributed by atoms with Crippen LogP contribution in [0.2, 0.25) is 0 Å². The molecule has 0 saturated heterocycles. The number of methoxy groups -OCH3 is 1. The molecule has 1 heterocycles. The fourth-order valence-corrected chi connectivity index (χ4v) is 6.15. The Morgan fingerprint density at radius 3 is 2.00 bits per heavy atom. The third-order valence-electron chi connectivity index (χ3n) is 6.95. The number of carbonyl (C=O) groups excluding carboxylic acids is 2. The van der Waals surface area contributed by atoms with Crippen LogP contribution in [0.5, 0.6) is 0 Å². The fraction of sp³-hybridized carbons (Fsp3) is 0.294. The predicted molar refractivity (Wildman–Crippen MR) is 176 cm³/mol. The maximum atomic E-state index is 14.2. The molecule has 1 atom stereocenters. The van der Waals surface area contributed by atoms with Crippen LogP contribution in [0.4, 0.5) is 10.5 Å². The number of carbonyl (C=O) groups is 2. The van der Waals surface area contributed by atoms with Crippen LogP contribution >= 0.6 is 23.6 Å². The highest BCUT2D eigenvalue weighted by Crippen LogP contribution is 2.32. The zero-order valence-corrected chi connectivity index (χ0v) is 26.6. The zero-order chi connectivity index (χ0) is 30.6. The summed E-state index contributed by atoms with van der Waals surface area (Å²) in [6.07, 6.45) is 0.313. The van der Waals surface area contributed by atoms with Crippen LogP contribution in [-0.2, 0) is 15.6 Å². The summed E-state index contributed by atoms with van der Waals surface area (Å²) in [5.41, 5.74) is 2.89. The van der Waals surface area contributed by atoms with Crippen molar-refractivity contribution < 1.29 is 18.6 Å². The van der Waals surface area contributed by atoms with Crippen molar-refractivity contribution in [2.75, 3.05) is 25.0 Å². The van der Waals surface area contributed by atoms with Crippen molar-refractivity contribution in [2.24, 2.45) is 5.92 Å². The number of ketones is 1. The summed E-state index contributed by atoms with van der Waals surface area (Å²) in [6.45, 7) is 5.64. The highest BCUT2D eigenvalue weighted by atomic mass is 32.2. The van der Waals surface area contributed by atoms with Gasteiger partial charge in [-0.05, 0) is 47.7 Å². The van der Waals surface area contributed by atoms with Crippen LogP contribution in [0.1, 0.15) is 51.9 Å². The molecule has 0 aliphatic heterocycles. The van der Waals surface area contributed by atoms with Crippen molar-refractivity contribution in [3.63, 3.8) is 0 Å². The first kappa shape index (κ1) is 32.3. The second-order valence-corrected chi connectivity index (χ2v) is 12.6. The van der Waals surface area contributed by atoms with Crippen molar-refractivity contribution in [1.82, 2.24) is 10.4 Å². The molecule has 0 saturated carbocycles. The Hall–Kier alpha value is -3.63. The number of hydrogen-bond donors (Lipinski definition) is 1. The van der Waals surface area contributed by atoms with Crippen LogP contribution in [0.15, 0.2) is 103 Å². The monoisotopic (exact) mass is 617 g/mol. The molecule has 1 amide bonds. The molecule has 3 aromatic carbocycles. The first-order chi connectivity index (χ1) is 20.9. The number of alkyl carbamates (subject to hydrolysis) is 1. The molecule has 43 heavy (non-hydrogen) atoms. The van der Waals surface area contributed by atoms with Crippen LogP contribution in [0.3, 0.4) is 0 Å². The number of ether oxygens (including phenoxy) is 1. The van der Waals surface area contributed by atoms with E-state index in [2.05, 4.69) is 19.2 Å². The minimum Gasteiger partial charge on any atom is -0.453 e. The van der Waals surface area contributed by atoms with Crippen molar-refractivity contribution in [2.45, 2.75) is 38.8 Å². The van der Waals surface area contributed by atoms with Gasteiger partial charge in [0, 0.05) is 30.1 Å². The van der Waals surface area contributed by atoms with E-state index in [-0.39, 0.29) is 5.78 Å². The lowest BCUT2D eigenvalue weighted by molar-refractivity contribution is -0.0488. The summed E-state index contributed by atoms with van der Waals surface area (Å²) in [4.78, 5) is 28.2. The fourth-order valence-electron chi connectivity index (χ4n) is 4.63. The molecule has 1 N–H and O–H groups in total. The Morgan fingerprint density at radius 1 is 0.860 bits per heavy atom. The van der Waals surface area contributed by atoms with Crippen LogP contribution in [-0.4, -0.2) is 43.7 Å². The van der Waals surface area contributed by atoms with Gasteiger partial charge in [-0.2, -0.15) is 5.06 Å². The Balaban J connectivity index is 1.56. The maximum Gasteiger partial charge on any atom is 0.407 e. The smallest absolute Gasteiger partial charge is 0.407 e. The van der Waals surface area contributed by atoms with Crippen LogP contribution < -0.4 is 9.62 Å². The average molecular weight is 618 g/mol. The highest BCUT2D eigenvalue weighted by Gasteiger charge is 2.34. The van der Waals surface area contributed by atoms with E-state index in [0.717, 1.165) is 34.7 Å². The van der Waals surface area contributed by atoms with E-state index >= 15 is 0 Å². The van der Waals surface area contributed by atoms with Crippen molar-refractivity contribution >= 4 is 41.1 Å². The molecule has 0 spiro atoms. The summed E-state index contributed by atoms with van der Waals surface area (Å²) in [5, 5.41) is 4.78. The Labute approximate surface area is 263 Å². The van der Waals surface area contributed by atoms with Gasteiger partial charge in [0.25, 0.3) is 0 Å². The molecule has 9 heteroatoms. The van der Waals surface area contributed by atoms with Crippen LogP contribution in [0.25, 0.3) is 0 Å². The van der Waals surface area contributed by atoms with Gasteiger partial charge in [-0.3, -0.25) is 9.10 Å². The van der Waals surface area contributed by atoms with Gasteiger partial charge in [-0.25, -0.2) is 9.08 Å². The van der Waals surface area contributed by atoms with Gasteiger partial charge in [0.1, 0.15) is 18.3 Å². The summed E-state index contributed by atoms with van der Waals surface area (Å²) in [6, 6.07) is 32.5. The summed E-state index contributed by atoms with van der Waals surface area (Å²) < 4.78 is 13.1. The van der Waals surface area contributed by atoms with Crippen molar-refractivity contribution in [1.29, 1.82) is 0 Å².